The first-order valence-corrected chi connectivity index (χ1v) is 4.46. The van der Waals surface area contributed by atoms with Gasteiger partial charge in [-0.15, -0.1) is 0 Å². The fraction of sp³-hybridized carbons (Fsp3) is 0.182. The smallest absolute Gasteiger partial charge is 0.150 e. The fourth-order valence-corrected chi connectivity index (χ4v) is 1.13. The van der Waals surface area contributed by atoms with Gasteiger partial charge in [0.25, 0.3) is 0 Å². The van der Waals surface area contributed by atoms with Crippen LogP contribution in [0.2, 0.25) is 0 Å². The van der Waals surface area contributed by atoms with Crippen molar-refractivity contribution >= 4 is 17.9 Å². The van der Waals surface area contributed by atoms with E-state index in [0.717, 1.165) is 23.3 Å². The predicted molar refractivity (Wildman–Crippen MR) is 55.6 cm³/mol. The molecular weight excluding hydrogens is 184 g/mol. The first-order chi connectivity index (χ1) is 6.22. The van der Waals surface area contributed by atoms with Gasteiger partial charge in [-0.05, 0) is 31.1 Å². The van der Waals surface area contributed by atoms with Crippen LogP contribution in [0.4, 0.5) is 0 Å². The first kappa shape index (κ1) is 10.0. The molecule has 1 aliphatic rings. The monoisotopic (exact) mass is 194 g/mol. The number of hydrogen-bond acceptors (Lipinski definition) is 1. The number of halogens is 1. The molecule has 0 radical (unpaired) electrons. The number of rotatable bonds is 2. The summed E-state index contributed by atoms with van der Waals surface area (Å²) < 4.78 is 0. The van der Waals surface area contributed by atoms with Gasteiger partial charge in [-0.3, -0.25) is 4.79 Å². The van der Waals surface area contributed by atoms with E-state index in [0.29, 0.717) is 5.57 Å². The Bertz CT molecular complexity index is 315. The number of hydrogen-bond donors (Lipinski definition) is 0. The molecule has 0 amide bonds. The van der Waals surface area contributed by atoms with Gasteiger partial charge >= 0.3 is 0 Å². The predicted octanol–water partition coefficient (Wildman–Crippen LogP) is 3.14. The second-order valence-corrected chi connectivity index (χ2v) is 3.46. The van der Waals surface area contributed by atoms with E-state index < -0.39 is 0 Å². The summed E-state index contributed by atoms with van der Waals surface area (Å²) in [6.07, 6.45) is 11.1. The summed E-state index contributed by atoms with van der Waals surface area (Å²) in [6, 6.07) is 0. The molecular formula is C11H11ClO. The molecule has 68 valence electrons. The molecule has 2 heteroatoms. The lowest BCUT2D eigenvalue weighted by Gasteiger charge is -2.03. The zero-order valence-corrected chi connectivity index (χ0v) is 8.21. The lowest BCUT2D eigenvalue weighted by molar-refractivity contribution is -0.104. The Labute approximate surface area is 83.1 Å². The maximum absolute atomic E-state index is 10.5. The van der Waals surface area contributed by atoms with Gasteiger partial charge in [0.05, 0.1) is 0 Å². The second kappa shape index (κ2) is 4.83. The lowest BCUT2D eigenvalue weighted by Crippen LogP contribution is -1.88. The van der Waals surface area contributed by atoms with Crippen LogP contribution in [0.3, 0.4) is 0 Å². The highest BCUT2D eigenvalue weighted by molar-refractivity contribution is 6.29. The molecule has 1 aliphatic carbocycles. The van der Waals surface area contributed by atoms with Crippen molar-refractivity contribution in [3.8, 4) is 0 Å². The van der Waals surface area contributed by atoms with Crippen molar-refractivity contribution in [2.45, 2.75) is 13.3 Å². The van der Waals surface area contributed by atoms with Crippen LogP contribution in [-0.4, -0.2) is 6.29 Å². The van der Waals surface area contributed by atoms with Gasteiger partial charge < -0.3 is 0 Å². The van der Waals surface area contributed by atoms with E-state index in [1.54, 1.807) is 0 Å². The summed E-state index contributed by atoms with van der Waals surface area (Å²) in [6.45, 7) is 1.82. The van der Waals surface area contributed by atoms with E-state index in [-0.39, 0.29) is 0 Å². The summed E-state index contributed by atoms with van der Waals surface area (Å²) in [5, 5.41) is 0.739. The van der Waals surface area contributed by atoms with Crippen LogP contribution in [0, 0.1) is 0 Å². The van der Waals surface area contributed by atoms with E-state index >= 15 is 0 Å². The van der Waals surface area contributed by atoms with Crippen LogP contribution in [0.1, 0.15) is 13.3 Å². The van der Waals surface area contributed by atoms with Crippen molar-refractivity contribution in [2.75, 3.05) is 0 Å². The topological polar surface area (TPSA) is 17.1 Å². The molecule has 0 unspecified atom stereocenters. The Balaban J connectivity index is 2.80. The van der Waals surface area contributed by atoms with Crippen LogP contribution in [0.5, 0.6) is 0 Å². The molecule has 0 bridgehead atoms. The molecule has 0 aromatic carbocycles. The van der Waals surface area contributed by atoms with E-state index in [9.17, 15) is 4.79 Å². The SMILES string of the molecule is C/C(Cl)=C\C=C1\C=C(C=O)C=CC1. The maximum atomic E-state index is 10.5. The fourth-order valence-electron chi connectivity index (χ4n) is 1.06. The third-order valence-corrected chi connectivity index (χ3v) is 1.81. The molecule has 13 heavy (non-hydrogen) atoms. The number of carbonyl (C=O) groups is 1. The molecule has 0 atom stereocenters. The summed E-state index contributed by atoms with van der Waals surface area (Å²) in [7, 11) is 0. The van der Waals surface area contributed by atoms with Gasteiger partial charge in [0, 0.05) is 10.6 Å². The zero-order chi connectivity index (χ0) is 9.68. The normalized spacial score (nSPS) is 20.3. The number of aldehydes is 1. The van der Waals surface area contributed by atoms with Crippen molar-refractivity contribution in [3.05, 3.63) is 46.6 Å². The molecule has 0 aromatic rings. The van der Waals surface area contributed by atoms with Crippen LogP contribution in [0.25, 0.3) is 0 Å². The van der Waals surface area contributed by atoms with Gasteiger partial charge in [0.1, 0.15) is 6.29 Å². The zero-order valence-electron chi connectivity index (χ0n) is 7.46. The summed E-state index contributed by atoms with van der Waals surface area (Å²) in [5.74, 6) is 0. The molecule has 1 rings (SSSR count). The second-order valence-electron chi connectivity index (χ2n) is 2.86. The summed E-state index contributed by atoms with van der Waals surface area (Å²) in [5.41, 5.74) is 1.81. The van der Waals surface area contributed by atoms with Gasteiger partial charge in [0.2, 0.25) is 0 Å². The molecule has 0 saturated heterocycles. The van der Waals surface area contributed by atoms with Crippen molar-refractivity contribution in [3.63, 3.8) is 0 Å². The molecule has 0 heterocycles. The third-order valence-electron chi connectivity index (χ3n) is 1.68. The molecule has 0 N–H and O–H groups in total. The minimum absolute atomic E-state index is 0.707. The molecule has 0 fully saturated rings. The highest BCUT2D eigenvalue weighted by atomic mass is 35.5. The van der Waals surface area contributed by atoms with Gasteiger partial charge in [-0.25, -0.2) is 0 Å². The van der Waals surface area contributed by atoms with Crippen LogP contribution in [0.15, 0.2) is 46.6 Å². The molecule has 1 nitrogen and oxygen atoms in total. The Morgan fingerprint density at radius 2 is 2.38 bits per heavy atom. The Kier molecular flexibility index (Phi) is 3.71. The molecule has 0 saturated carbocycles. The maximum Gasteiger partial charge on any atom is 0.150 e. The molecule has 0 spiro atoms. The van der Waals surface area contributed by atoms with Gasteiger partial charge in [0.15, 0.2) is 0 Å². The first-order valence-electron chi connectivity index (χ1n) is 4.09. The largest absolute Gasteiger partial charge is 0.298 e. The quantitative estimate of drug-likeness (QED) is 0.618. The minimum atomic E-state index is 0.707. The Hall–Kier alpha value is -1.08. The van der Waals surface area contributed by atoms with E-state index in [1.165, 1.54) is 0 Å². The van der Waals surface area contributed by atoms with Crippen LogP contribution < -0.4 is 0 Å². The molecule has 0 aliphatic heterocycles. The van der Waals surface area contributed by atoms with E-state index in [2.05, 4.69) is 0 Å². The van der Waals surface area contributed by atoms with Crippen molar-refractivity contribution in [2.24, 2.45) is 0 Å². The summed E-state index contributed by atoms with van der Waals surface area (Å²) >= 11 is 5.68. The van der Waals surface area contributed by atoms with Gasteiger partial charge in [-0.1, -0.05) is 29.8 Å². The average Bonchev–Trinajstić information content (AvgIpc) is 2.15. The highest BCUT2D eigenvalue weighted by Crippen LogP contribution is 2.15. The number of allylic oxidation sites excluding steroid dienone is 8. The lowest BCUT2D eigenvalue weighted by atomic mass is 10.0. The minimum Gasteiger partial charge on any atom is -0.298 e. The summed E-state index contributed by atoms with van der Waals surface area (Å²) in [4.78, 5) is 10.5. The van der Waals surface area contributed by atoms with Gasteiger partial charge in [-0.2, -0.15) is 0 Å². The van der Waals surface area contributed by atoms with E-state index in [1.807, 2.05) is 37.3 Å². The molecule has 0 aromatic heterocycles. The standard InChI is InChI=1S/C11H11ClO/c1-9(12)5-6-10-3-2-4-11(7-10)8-13/h2,4-8H,3H2,1H3/b9-5+,10-6+. The average molecular weight is 195 g/mol. The van der Waals surface area contributed by atoms with Crippen LogP contribution >= 0.6 is 11.6 Å². The van der Waals surface area contributed by atoms with E-state index in [4.69, 9.17) is 11.6 Å². The van der Waals surface area contributed by atoms with Crippen molar-refractivity contribution < 1.29 is 4.79 Å². The Morgan fingerprint density at radius 3 is 3.00 bits per heavy atom. The van der Waals surface area contributed by atoms with Crippen molar-refractivity contribution in [1.82, 2.24) is 0 Å². The Morgan fingerprint density at radius 1 is 1.62 bits per heavy atom. The third kappa shape index (κ3) is 3.43. The number of carbonyl (C=O) groups excluding carboxylic acids is 1. The van der Waals surface area contributed by atoms with Crippen molar-refractivity contribution in [1.29, 1.82) is 0 Å². The highest BCUT2D eigenvalue weighted by Gasteiger charge is 1.98. The van der Waals surface area contributed by atoms with Crippen LogP contribution in [-0.2, 0) is 4.79 Å².